The SMILES string of the molecule is C[C@@H](CC(=O)c1ncnc2c1CCC(=O)N2)c1ncc(C(=O)Cc2ccc(C(C)(C)C)cc2)s1. The summed E-state index contributed by atoms with van der Waals surface area (Å²) in [6, 6.07) is 8.16. The molecule has 0 spiro atoms. The fourth-order valence-corrected chi connectivity index (χ4v) is 4.84. The Morgan fingerprint density at radius 3 is 2.50 bits per heavy atom. The molecule has 0 fully saturated rings. The van der Waals surface area contributed by atoms with Gasteiger partial charge in [0, 0.05) is 36.9 Å². The molecule has 0 unspecified atom stereocenters. The molecular weight excluding hydrogens is 448 g/mol. The number of hydrogen-bond donors (Lipinski definition) is 1. The molecule has 7 nitrogen and oxygen atoms in total. The zero-order valence-corrected chi connectivity index (χ0v) is 20.7. The highest BCUT2D eigenvalue weighted by atomic mass is 32.1. The molecule has 3 aromatic rings. The van der Waals surface area contributed by atoms with Gasteiger partial charge in [-0.05, 0) is 23.0 Å². The summed E-state index contributed by atoms with van der Waals surface area (Å²) in [5.74, 6) is 0.0487. The van der Waals surface area contributed by atoms with Gasteiger partial charge in [0.05, 0.1) is 9.88 Å². The highest BCUT2D eigenvalue weighted by Crippen LogP contribution is 2.29. The van der Waals surface area contributed by atoms with Crippen LogP contribution in [0.3, 0.4) is 0 Å². The van der Waals surface area contributed by atoms with Crippen molar-refractivity contribution in [3.05, 3.63) is 69.1 Å². The molecule has 0 radical (unpaired) electrons. The second kappa shape index (κ2) is 9.54. The van der Waals surface area contributed by atoms with Crippen LogP contribution in [0.1, 0.15) is 88.3 Å². The van der Waals surface area contributed by atoms with Crippen molar-refractivity contribution in [1.29, 1.82) is 0 Å². The average molecular weight is 477 g/mol. The van der Waals surface area contributed by atoms with E-state index in [0.717, 1.165) is 10.6 Å². The number of carbonyl (C=O) groups is 3. The van der Waals surface area contributed by atoms with Gasteiger partial charge in [-0.25, -0.2) is 15.0 Å². The number of nitrogens with one attached hydrogen (secondary N) is 1. The normalized spacial score (nSPS) is 14.3. The van der Waals surface area contributed by atoms with Gasteiger partial charge >= 0.3 is 0 Å². The number of hydrogen-bond acceptors (Lipinski definition) is 7. The largest absolute Gasteiger partial charge is 0.310 e. The van der Waals surface area contributed by atoms with Crippen LogP contribution in [0.25, 0.3) is 0 Å². The highest BCUT2D eigenvalue weighted by Gasteiger charge is 2.25. The molecular formula is C26H28N4O3S. The van der Waals surface area contributed by atoms with E-state index < -0.39 is 0 Å². The molecule has 176 valence electrons. The molecule has 0 aliphatic carbocycles. The summed E-state index contributed by atoms with van der Waals surface area (Å²) in [6.45, 7) is 8.41. The minimum atomic E-state index is -0.158. The van der Waals surface area contributed by atoms with Crippen molar-refractivity contribution < 1.29 is 14.4 Å². The molecule has 1 aliphatic heterocycles. The topological polar surface area (TPSA) is 102 Å². The Morgan fingerprint density at radius 1 is 1.06 bits per heavy atom. The van der Waals surface area contributed by atoms with Gasteiger partial charge in [-0.15, -0.1) is 11.3 Å². The number of anilines is 1. The number of ketones is 2. The Balaban J connectivity index is 1.41. The van der Waals surface area contributed by atoms with Crippen LogP contribution in [0, 0.1) is 0 Å². The molecule has 8 heteroatoms. The Hall–Kier alpha value is -3.26. The molecule has 34 heavy (non-hydrogen) atoms. The van der Waals surface area contributed by atoms with Crippen LogP contribution in [0.4, 0.5) is 5.82 Å². The number of aromatic nitrogens is 3. The van der Waals surface area contributed by atoms with Gasteiger partial charge in [0.2, 0.25) is 5.91 Å². The van der Waals surface area contributed by atoms with E-state index >= 15 is 0 Å². The molecule has 0 bridgehead atoms. The lowest BCUT2D eigenvalue weighted by Gasteiger charge is -2.19. The summed E-state index contributed by atoms with van der Waals surface area (Å²) in [6.07, 6.45) is 4.20. The number of Topliss-reactive ketones (excluding diaryl/α,β-unsaturated/α-hetero) is 2. The zero-order valence-electron chi connectivity index (χ0n) is 19.8. The molecule has 2 aromatic heterocycles. The standard InChI is InChI=1S/C26H28N4O3S/c1-15(11-20(32)23-18-9-10-22(33)30-24(18)29-14-28-23)25-27-13-21(34-25)19(31)12-16-5-7-17(8-6-16)26(2,3)4/h5-8,13-15H,9-12H2,1-4H3,(H,28,29,30,33)/t15-/m0/s1. The van der Waals surface area contributed by atoms with E-state index in [9.17, 15) is 14.4 Å². The molecule has 1 N–H and O–H groups in total. The number of benzene rings is 1. The number of carbonyl (C=O) groups excluding carboxylic acids is 3. The Kier molecular flexibility index (Phi) is 6.70. The van der Waals surface area contributed by atoms with Crippen molar-refractivity contribution in [2.45, 2.75) is 64.7 Å². The van der Waals surface area contributed by atoms with E-state index in [4.69, 9.17) is 0 Å². The molecule has 1 aliphatic rings. The molecule has 0 saturated heterocycles. The first-order valence-corrected chi connectivity index (χ1v) is 12.2. The minimum Gasteiger partial charge on any atom is -0.310 e. The van der Waals surface area contributed by atoms with Crippen LogP contribution in [-0.2, 0) is 23.1 Å². The lowest BCUT2D eigenvalue weighted by atomic mass is 9.86. The zero-order chi connectivity index (χ0) is 24.5. The van der Waals surface area contributed by atoms with Crippen LogP contribution in [0.2, 0.25) is 0 Å². The average Bonchev–Trinajstić information content (AvgIpc) is 3.29. The summed E-state index contributed by atoms with van der Waals surface area (Å²) in [4.78, 5) is 50.7. The van der Waals surface area contributed by atoms with Gasteiger partial charge in [-0.3, -0.25) is 14.4 Å². The van der Waals surface area contributed by atoms with Crippen molar-refractivity contribution >= 4 is 34.6 Å². The molecule has 1 amide bonds. The number of fused-ring (bicyclic) bond motifs is 1. The van der Waals surface area contributed by atoms with E-state index in [0.29, 0.717) is 41.2 Å². The van der Waals surface area contributed by atoms with Gasteiger partial charge in [0.1, 0.15) is 17.8 Å². The van der Waals surface area contributed by atoms with E-state index in [1.54, 1.807) is 6.20 Å². The number of thiazole rings is 1. The van der Waals surface area contributed by atoms with Crippen LogP contribution in [0.15, 0.2) is 36.8 Å². The fourth-order valence-electron chi connectivity index (χ4n) is 3.93. The van der Waals surface area contributed by atoms with Gasteiger partial charge in [-0.2, -0.15) is 0 Å². The molecule has 1 aromatic carbocycles. The maximum atomic E-state index is 13.0. The Bertz CT molecular complexity index is 1240. The third-order valence-corrected chi connectivity index (χ3v) is 7.24. The first-order chi connectivity index (χ1) is 16.1. The van der Waals surface area contributed by atoms with E-state index in [1.165, 1.54) is 23.2 Å². The monoisotopic (exact) mass is 476 g/mol. The minimum absolute atomic E-state index is 0.0198. The third-order valence-electron chi connectivity index (χ3n) is 5.97. The van der Waals surface area contributed by atoms with Gasteiger partial charge in [-0.1, -0.05) is 52.0 Å². The van der Waals surface area contributed by atoms with Gasteiger partial charge in [0.25, 0.3) is 0 Å². The van der Waals surface area contributed by atoms with Crippen molar-refractivity contribution in [3.8, 4) is 0 Å². The number of amides is 1. The van der Waals surface area contributed by atoms with Crippen molar-refractivity contribution in [2.24, 2.45) is 0 Å². The predicted molar refractivity (Wildman–Crippen MR) is 132 cm³/mol. The lowest BCUT2D eigenvalue weighted by molar-refractivity contribution is -0.116. The van der Waals surface area contributed by atoms with Crippen LogP contribution < -0.4 is 5.32 Å². The molecule has 1 atom stereocenters. The van der Waals surface area contributed by atoms with Gasteiger partial charge < -0.3 is 5.32 Å². The number of rotatable bonds is 7. The fraction of sp³-hybridized carbons (Fsp3) is 0.385. The lowest BCUT2D eigenvalue weighted by Crippen LogP contribution is -2.23. The van der Waals surface area contributed by atoms with E-state index in [2.05, 4.69) is 53.2 Å². The molecule has 3 heterocycles. The Labute approximate surface area is 203 Å². The van der Waals surface area contributed by atoms with E-state index in [1.807, 2.05) is 19.1 Å². The summed E-state index contributed by atoms with van der Waals surface area (Å²) in [7, 11) is 0. The first kappa shape index (κ1) is 23.9. The van der Waals surface area contributed by atoms with Crippen LogP contribution in [-0.4, -0.2) is 32.4 Å². The van der Waals surface area contributed by atoms with Gasteiger partial charge in [0.15, 0.2) is 11.6 Å². The maximum Gasteiger partial charge on any atom is 0.225 e. The van der Waals surface area contributed by atoms with Crippen molar-refractivity contribution in [3.63, 3.8) is 0 Å². The van der Waals surface area contributed by atoms with E-state index in [-0.39, 0.29) is 35.2 Å². The smallest absolute Gasteiger partial charge is 0.225 e. The third kappa shape index (κ3) is 5.28. The van der Waals surface area contributed by atoms with Crippen LogP contribution in [0.5, 0.6) is 0 Å². The highest BCUT2D eigenvalue weighted by molar-refractivity contribution is 7.13. The van der Waals surface area contributed by atoms with Crippen molar-refractivity contribution in [2.75, 3.05) is 5.32 Å². The summed E-state index contributed by atoms with van der Waals surface area (Å²) >= 11 is 1.34. The van der Waals surface area contributed by atoms with Crippen LogP contribution >= 0.6 is 11.3 Å². The molecule has 0 saturated carbocycles. The summed E-state index contributed by atoms with van der Waals surface area (Å²) in [5, 5.41) is 3.44. The summed E-state index contributed by atoms with van der Waals surface area (Å²) in [5.41, 5.74) is 3.31. The Morgan fingerprint density at radius 2 is 1.79 bits per heavy atom. The first-order valence-electron chi connectivity index (χ1n) is 11.4. The quantitative estimate of drug-likeness (QED) is 0.486. The van der Waals surface area contributed by atoms with Crippen molar-refractivity contribution in [1.82, 2.24) is 15.0 Å². The maximum absolute atomic E-state index is 13.0. The second-order valence-electron chi connectivity index (χ2n) is 9.74. The number of nitrogens with zero attached hydrogens (tertiary/aromatic N) is 3. The molecule has 4 rings (SSSR count). The predicted octanol–water partition coefficient (Wildman–Crippen LogP) is 4.92. The summed E-state index contributed by atoms with van der Waals surface area (Å²) < 4.78 is 0. The second-order valence-corrected chi connectivity index (χ2v) is 10.8.